The van der Waals surface area contributed by atoms with Crippen LogP contribution < -0.4 is 11.1 Å². The Morgan fingerprint density at radius 2 is 1.88 bits per heavy atom. The van der Waals surface area contributed by atoms with Gasteiger partial charge in [-0.3, -0.25) is 4.79 Å². The smallest absolute Gasteiger partial charge is 0.255 e. The molecule has 0 saturated heterocycles. The SMILES string of the molecule is Cl.NCC1(CC(=O)NCC(F)F)CCCCC1. The average molecular weight is 271 g/mol. The van der Waals surface area contributed by atoms with Gasteiger partial charge in [-0.1, -0.05) is 19.3 Å². The molecule has 0 aromatic carbocycles. The topological polar surface area (TPSA) is 55.1 Å². The number of rotatable bonds is 5. The molecule has 17 heavy (non-hydrogen) atoms. The number of hydrogen-bond acceptors (Lipinski definition) is 2. The lowest BCUT2D eigenvalue weighted by Crippen LogP contribution is -2.39. The average Bonchev–Trinajstić information content (AvgIpc) is 2.28. The maximum absolute atomic E-state index is 11.9. The van der Waals surface area contributed by atoms with Gasteiger partial charge in [0.25, 0.3) is 6.43 Å². The molecule has 1 saturated carbocycles. The highest BCUT2D eigenvalue weighted by atomic mass is 35.5. The highest BCUT2D eigenvalue weighted by Crippen LogP contribution is 2.38. The largest absolute Gasteiger partial charge is 0.350 e. The second-order valence-electron chi connectivity index (χ2n) is 4.64. The lowest BCUT2D eigenvalue weighted by molar-refractivity contribution is -0.124. The van der Waals surface area contributed by atoms with Crippen LogP contribution in [0.4, 0.5) is 8.78 Å². The van der Waals surface area contributed by atoms with E-state index in [4.69, 9.17) is 5.73 Å². The van der Waals surface area contributed by atoms with Crippen molar-refractivity contribution in [2.45, 2.75) is 45.0 Å². The molecular formula is C11H21ClF2N2O. The first-order chi connectivity index (χ1) is 7.58. The third kappa shape index (κ3) is 5.64. The monoisotopic (exact) mass is 270 g/mol. The molecule has 3 N–H and O–H groups in total. The highest BCUT2D eigenvalue weighted by molar-refractivity contribution is 5.85. The van der Waals surface area contributed by atoms with Crippen LogP contribution in [0.25, 0.3) is 0 Å². The fourth-order valence-corrected chi connectivity index (χ4v) is 2.35. The van der Waals surface area contributed by atoms with Crippen LogP contribution in [0, 0.1) is 5.41 Å². The first-order valence-electron chi connectivity index (χ1n) is 5.83. The van der Waals surface area contributed by atoms with Crippen LogP contribution in [-0.2, 0) is 4.79 Å². The minimum absolute atomic E-state index is 0. The molecule has 0 unspecified atom stereocenters. The Labute approximate surface area is 107 Å². The van der Waals surface area contributed by atoms with Crippen LogP contribution >= 0.6 is 12.4 Å². The number of carbonyl (C=O) groups is 1. The summed E-state index contributed by atoms with van der Waals surface area (Å²) < 4.78 is 23.8. The van der Waals surface area contributed by atoms with Crippen LogP contribution in [0.3, 0.4) is 0 Å². The Hall–Kier alpha value is -0.420. The van der Waals surface area contributed by atoms with Crippen molar-refractivity contribution in [2.75, 3.05) is 13.1 Å². The van der Waals surface area contributed by atoms with Crippen molar-refractivity contribution >= 4 is 18.3 Å². The number of hydrogen-bond donors (Lipinski definition) is 2. The third-order valence-corrected chi connectivity index (χ3v) is 3.34. The summed E-state index contributed by atoms with van der Waals surface area (Å²) in [5.41, 5.74) is 5.57. The molecule has 102 valence electrons. The summed E-state index contributed by atoms with van der Waals surface area (Å²) in [7, 11) is 0. The van der Waals surface area contributed by atoms with Gasteiger partial charge < -0.3 is 11.1 Å². The van der Waals surface area contributed by atoms with E-state index in [9.17, 15) is 13.6 Å². The lowest BCUT2D eigenvalue weighted by Gasteiger charge is -2.35. The van der Waals surface area contributed by atoms with Crippen molar-refractivity contribution in [2.24, 2.45) is 11.1 Å². The van der Waals surface area contributed by atoms with Gasteiger partial charge in [-0.2, -0.15) is 0 Å². The standard InChI is InChI=1S/C11H20F2N2O.ClH/c12-9(13)7-15-10(16)6-11(8-14)4-2-1-3-5-11;/h9H,1-8,14H2,(H,15,16);1H. The second-order valence-corrected chi connectivity index (χ2v) is 4.64. The van der Waals surface area contributed by atoms with E-state index in [0.717, 1.165) is 25.7 Å². The zero-order valence-electron chi connectivity index (χ0n) is 9.88. The van der Waals surface area contributed by atoms with Gasteiger partial charge in [-0.15, -0.1) is 12.4 Å². The minimum atomic E-state index is -2.48. The zero-order chi connectivity index (χ0) is 12.0. The van der Waals surface area contributed by atoms with Crippen molar-refractivity contribution in [1.82, 2.24) is 5.32 Å². The van der Waals surface area contributed by atoms with Crippen LogP contribution in [0.2, 0.25) is 0 Å². The minimum Gasteiger partial charge on any atom is -0.350 e. The van der Waals surface area contributed by atoms with Gasteiger partial charge >= 0.3 is 0 Å². The quantitative estimate of drug-likeness (QED) is 0.804. The predicted molar refractivity (Wildman–Crippen MR) is 65.5 cm³/mol. The number of amides is 1. The number of alkyl halides is 2. The number of halogens is 3. The molecule has 1 aliphatic rings. The van der Waals surface area contributed by atoms with Gasteiger partial charge in [0, 0.05) is 6.42 Å². The van der Waals surface area contributed by atoms with Gasteiger partial charge in [-0.05, 0) is 24.8 Å². The maximum Gasteiger partial charge on any atom is 0.255 e. The molecule has 0 heterocycles. The van der Waals surface area contributed by atoms with Gasteiger partial charge in [0.2, 0.25) is 5.91 Å². The number of nitrogens with one attached hydrogen (secondary N) is 1. The van der Waals surface area contributed by atoms with Crippen LogP contribution in [0.15, 0.2) is 0 Å². The van der Waals surface area contributed by atoms with Crippen LogP contribution in [0.1, 0.15) is 38.5 Å². The van der Waals surface area contributed by atoms with Crippen molar-refractivity contribution in [1.29, 1.82) is 0 Å². The fourth-order valence-electron chi connectivity index (χ4n) is 2.35. The molecule has 0 aliphatic heterocycles. The van der Waals surface area contributed by atoms with Crippen LogP contribution in [0.5, 0.6) is 0 Å². The van der Waals surface area contributed by atoms with Crippen LogP contribution in [-0.4, -0.2) is 25.4 Å². The van der Waals surface area contributed by atoms with Gasteiger partial charge in [0.1, 0.15) is 0 Å². The van der Waals surface area contributed by atoms with Crippen molar-refractivity contribution < 1.29 is 13.6 Å². The summed E-state index contributed by atoms with van der Waals surface area (Å²) in [6, 6.07) is 0. The Morgan fingerprint density at radius 1 is 1.29 bits per heavy atom. The summed E-state index contributed by atoms with van der Waals surface area (Å²) >= 11 is 0. The molecule has 0 bridgehead atoms. The van der Waals surface area contributed by atoms with E-state index >= 15 is 0 Å². The van der Waals surface area contributed by atoms with Crippen molar-refractivity contribution in [3.8, 4) is 0 Å². The molecule has 1 fully saturated rings. The van der Waals surface area contributed by atoms with E-state index < -0.39 is 13.0 Å². The summed E-state index contributed by atoms with van der Waals surface area (Å²) in [6.45, 7) is -0.0887. The van der Waals surface area contributed by atoms with Gasteiger partial charge in [0.05, 0.1) is 6.54 Å². The summed E-state index contributed by atoms with van der Waals surface area (Å²) in [5.74, 6) is -0.298. The Bertz CT molecular complexity index is 234. The summed E-state index contributed by atoms with van der Waals surface area (Å²) in [4.78, 5) is 11.5. The molecule has 0 spiro atoms. The lowest BCUT2D eigenvalue weighted by atomic mass is 9.71. The van der Waals surface area contributed by atoms with E-state index in [1.165, 1.54) is 6.42 Å². The second kappa shape index (κ2) is 7.82. The molecular weight excluding hydrogens is 250 g/mol. The number of nitrogens with two attached hydrogens (primary N) is 1. The van der Waals surface area contributed by atoms with E-state index in [-0.39, 0.29) is 30.2 Å². The first kappa shape index (κ1) is 16.6. The van der Waals surface area contributed by atoms with E-state index in [1.54, 1.807) is 0 Å². The molecule has 0 atom stereocenters. The molecule has 1 amide bonds. The van der Waals surface area contributed by atoms with E-state index in [2.05, 4.69) is 5.32 Å². The van der Waals surface area contributed by atoms with Gasteiger partial charge in [-0.25, -0.2) is 8.78 Å². The number of carbonyl (C=O) groups excluding carboxylic acids is 1. The Morgan fingerprint density at radius 3 is 2.35 bits per heavy atom. The van der Waals surface area contributed by atoms with E-state index in [0.29, 0.717) is 6.54 Å². The molecule has 0 aromatic heterocycles. The highest BCUT2D eigenvalue weighted by Gasteiger charge is 2.32. The summed E-state index contributed by atoms with van der Waals surface area (Å²) in [5, 5.41) is 2.24. The molecule has 3 nitrogen and oxygen atoms in total. The molecule has 1 aliphatic carbocycles. The summed E-state index contributed by atoms with van der Waals surface area (Å²) in [6.07, 6.45) is 3.02. The Kier molecular flexibility index (Phi) is 7.63. The zero-order valence-corrected chi connectivity index (χ0v) is 10.7. The van der Waals surface area contributed by atoms with Gasteiger partial charge in [0.15, 0.2) is 0 Å². The van der Waals surface area contributed by atoms with Crippen molar-refractivity contribution in [3.05, 3.63) is 0 Å². The first-order valence-corrected chi connectivity index (χ1v) is 5.83. The molecule has 0 radical (unpaired) electrons. The predicted octanol–water partition coefficient (Wildman–Crippen LogP) is 2.09. The Balaban J connectivity index is 0.00000256. The molecule has 6 heteroatoms. The van der Waals surface area contributed by atoms with E-state index in [1.807, 2.05) is 0 Å². The molecule has 0 aromatic rings. The molecule has 1 rings (SSSR count). The third-order valence-electron chi connectivity index (χ3n) is 3.34. The normalized spacial score (nSPS) is 18.6. The fraction of sp³-hybridized carbons (Fsp3) is 0.909. The van der Waals surface area contributed by atoms with Crippen molar-refractivity contribution in [3.63, 3.8) is 0 Å². The maximum atomic E-state index is 11.9.